The molecule has 0 aliphatic carbocycles. The second-order valence-electron chi connectivity index (χ2n) is 5.62. The van der Waals surface area contributed by atoms with E-state index in [0.717, 1.165) is 4.90 Å². The minimum Gasteiger partial charge on any atom is -0.369 e. The second kappa shape index (κ2) is 7.54. The first-order valence-electron chi connectivity index (χ1n) is 7.50. The van der Waals surface area contributed by atoms with E-state index in [1.165, 1.54) is 35.1 Å². The number of hydrogen-bond donors (Lipinski definition) is 2. The summed E-state index contributed by atoms with van der Waals surface area (Å²) in [7, 11) is -3.67. The summed E-state index contributed by atoms with van der Waals surface area (Å²) in [4.78, 5) is 23.4. The summed E-state index contributed by atoms with van der Waals surface area (Å²) < 4.78 is 26.9. The Morgan fingerprint density at radius 1 is 1.29 bits per heavy atom. The van der Waals surface area contributed by atoms with Gasteiger partial charge in [0.1, 0.15) is 0 Å². The number of hydrogen-bond acceptors (Lipinski definition) is 5. The third-order valence-corrected chi connectivity index (χ3v) is 6.67. The number of nitrogens with two attached hydrogens (primary N) is 1. The molecule has 0 atom stereocenters. The molecule has 1 aromatic carbocycles. The predicted octanol–water partition coefficient (Wildman–Crippen LogP) is 1.25. The van der Waals surface area contributed by atoms with E-state index >= 15 is 0 Å². The fourth-order valence-electron chi connectivity index (χ4n) is 2.66. The molecule has 0 radical (unpaired) electrons. The van der Waals surface area contributed by atoms with Gasteiger partial charge in [-0.05, 0) is 37.3 Å². The Balaban J connectivity index is 2.26. The first-order valence-corrected chi connectivity index (χ1v) is 10.2. The highest BCUT2D eigenvalue weighted by Crippen LogP contribution is 2.30. The standard InChI is InChI=1S/C15H21N3O4S2/c1-10(19)17-13-9-12(3-4-14(13)23-2)24(21,22)18-7-5-11(6-8-18)15(16)20/h3-4,9,11H,5-8H2,1-2H3,(H2,16,20)(H,17,19). The van der Waals surface area contributed by atoms with Crippen molar-refractivity contribution >= 4 is 39.3 Å². The monoisotopic (exact) mass is 371 g/mol. The smallest absolute Gasteiger partial charge is 0.243 e. The number of piperidine rings is 1. The van der Waals surface area contributed by atoms with Crippen LogP contribution < -0.4 is 11.1 Å². The molecule has 7 nitrogen and oxygen atoms in total. The van der Waals surface area contributed by atoms with E-state index in [9.17, 15) is 18.0 Å². The van der Waals surface area contributed by atoms with Crippen molar-refractivity contribution in [2.24, 2.45) is 11.7 Å². The number of amides is 2. The van der Waals surface area contributed by atoms with Crippen LogP contribution in [-0.4, -0.2) is 43.9 Å². The molecule has 0 saturated carbocycles. The van der Waals surface area contributed by atoms with Crippen LogP contribution in [0.1, 0.15) is 19.8 Å². The fourth-order valence-corrected chi connectivity index (χ4v) is 4.70. The molecule has 1 aromatic rings. The van der Waals surface area contributed by atoms with Gasteiger partial charge in [-0.15, -0.1) is 11.8 Å². The molecular formula is C15H21N3O4S2. The van der Waals surface area contributed by atoms with Gasteiger partial charge in [-0.2, -0.15) is 4.31 Å². The van der Waals surface area contributed by atoms with E-state index in [0.29, 0.717) is 18.5 Å². The molecule has 9 heteroatoms. The number of carbonyl (C=O) groups is 2. The Kier molecular flexibility index (Phi) is 5.89. The van der Waals surface area contributed by atoms with Gasteiger partial charge in [0.05, 0.1) is 10.6 Å². The quantitative estimate of drug-likeness (QED) is 0.757. The molecule has 1 heterocycles. The van der Waals surface area contributed by atoms with Crippen LogP contribution >= 0.6 is 11.8 Å². The van der Waals surface area contributed by atoms with Gasteiger partial charge in [0.25, 0.3) is 0 Å². The number of thioether (sulfide) groups is 1. The van der Waals surface area contributed by atoms with Gasteiger partial charge in [-0.1, -0.05) is 0 Å². The topological polar surface area (TPSA) is 110 Å². The number of anilines is 1. The predicted molar refractivity (Wildman–Crippen MR) is 93.2 cm³/mol. The van der Waals surface area contributed by atoms with E-state index in [4.69, 9.17) is 5.73 Å². The van der Waals surface area contributed by atoms with E-state index in [1.54, 1.807) is 6.07 Å². The molecule has 1 aliphatic heterocycles. The first kappa shape index (κ1) is 18.8. The largest absolute Gasteiger partial charge is 0.369 e. The molecule has 1 saturated heterocycles. The fraction of sp³-hybridized carbons (Fsp3) is 0.467. The van der Waals surface area contributed by atoms with Gasteiger partial charge in [0.15, 0.2) is 0 Å². The zero-order valence-electron chi connectivity index (χ0n) is 13.6. The Morgan fingerprint density at radius 3 is 2.42 bits per heavy atom. The summed E-state index contributed by atoms with van der Waals surface area (Å²) in [5.74, 6) is -0.920. The average Bonchev–Trinajstić information content (AvgIpc) is 2.54. The maximum atomic E-state index is 12.8. The molecule has 1 aliphatic rings. The molecule has 0 aromatic heterocycles. The van der Waals surface area contributed by atoms with Gasteiger partial charge in [-0.3, -0.25) is 9.59 Å². The highest BCUT2D eigenvalue weighted by Gasteiger charge is 2.31. The summed E-state index contributed by atoms with van der Waals surface area (Å²) in [6.07, 6.45) is 2.70. The molecular weight excluding hydrogens is 350 g/mol. The molecule has 0 bridgehead atoms. The molecule has 0 spiro atoms. The van der Waals surface area contributed by atoms with Crippen LogP contribution in [0, 0.1) is 5.92 Å². The second-order valence-corrected chi connectivity index (χ2v) is 8.41. The summed E-state index contributed by atoms with van der Waals surface area (Å²) in [5, 5.41) is 2.66. The van der Waals surface area contributed by atoms with Gasteiger partial charge < -0.3 is 11.1 Å². The van der Waals surface area contributed by atoms with Crippen LogP contribution in [0.25, 0.3) is 0 Å². The lowest BCUT2D eigenvalue weighted by atomic mass is 9.98. The van der Waals surface area contributed by atoms with E-state index in [-0.39, 0.29) is 35.7 Å². The van der Waals surface area contributed by atoms with Crippen LogP contribution in [-0.2, 0) is 19.6 Å². The van der Waals surface area contributed by atoms with Crippen LogP contribution in [0.3, 0.4) is 0 Å². The maximum absolute atomic E-state index is 12.8. The Labute approximate surface area is 146 Å². The minimum absolute atomic E-state index is 0.126. The van der Waals surface area contributed by atoms with Crippen molar-refractivity contribution < 1.29 is 18.0 Å². The lowest BCUT2D eigenvalue weighted by Crippen LogP contribution is -2.41. The average molecular weight is 371 g/mol. The van der Waals surface area contributed by atoms with Crippen molar-refractivity contribution in [3.63, 3.8) is 0 Å². The molecule has 2 rings (SSSR count). The van der Waals surface area contributed by atoms with Gasteiger partial charge in [-0.25, -0.2) is 8.42 Å². The van der Waals surface area contributed by atoms with Gasteiger partial charge in [0.2, 0.25) is 21.8 Å². The van der Waals surface area contributed by atoms with Crippen molar-refractivity contribution in [3.05, 3.63) is 18.2 Å². The Bertz CT molecular complexity index is 741. The summed E-state index contributed by atoms with van der Waals surface area (Å²) in [6, 6.07) is 4.69. The first-order chi connectivity index (χ1) is 11.3. The van der Waals surface area contributed by atoms with Crippen molar-refractivity contribution in [3.8, 4) is 0 Å². The van der Waals surface area contributed by atoms with Crippen molar-refractivity contribution in [2.75, 3.05) is 24.7 Å². The lowest BCUT2D eigenvalue weighted by Gasteiger charge is -2.29. The third kappa shape index (κ3) is 4.08. The van der Waals surface area contributed by atoms with Crippen LogP contribution in [0.4, 0.5) is 5.69 Å². The third-order valence-electron chi connectivity index (χ3n) is 3.98. The number of carbonyl (C=O) groups excluding carboxylic acids is 2. The molecule has 1 fully saturated rings. The molecule has 3 N–H and O–H groups in total. The highest BCUT2D eigenvalue weighted by molar-refractivity contribution is 7.98. The summed E-state index contributed by atoms with van der Waals surface area (Å²) in [6.45, 7) is 1.89. The number of nitrogens with zero attached hydrogens (tertiary/aromatic N) is 1. The van der Waals surface area contributed by atoms with E-state index < -0.39 is 10.0 Å². The van der Waals surface area contributed by atoms with Crippen molar-refractivity contribution in [1.29, 1.82) is 0 Å². The normalized spacial score (nSPS) is 16.8. The number of nitrogens with one attached hydrogen (secondary N) is 1. The van der Waals surface area contributed by atoms with Crippen LogP contribution in [0.2, 0.25) is 0 Å². The van der Waals surface area contributed by atoms with Crippen LogP contribution in [0.15, 0.2) is 28.0 Å². The number of sulfonamides is 1. The SMILES string of the molecule is CSc1ccc(S(=O)(=O)N2CCC(C(N)=O)CC2)cc1NC(C)=O. The summed E-state index contributed by atoms with van der Waals surface area (Å²) in [5.41, 5.74) is 5.76. The lowest BCUT2D eigenvalue weighted by molar-refractivity contribution is -0.122. The number of primary amides is 1. The van der Waals surface area contributed by atoms with Crippen molar-refractivity contribution in [2.45, 2.75) is 29.6 Å². The maximum Gasteiger partial charge on any atom is 0.243 e. The molecule has 132 valence electrons. The molecule has 0 unspecified atom stereocenters. The van der Waals surface area contributed by atoms with Crippen molar-refractivity contribution in [1.82, 2.24) is 4.31 Å². The minimum atomic E-state index is -3.67. The van der Waals surface area contributed by atoms with Crippen LogP contribution in [0.5, 0.6) is 0 Å². The zero-order chi connectivity index (χ0) is 17.9. The number of benzene rings is 1. The molecule has 2 amide bonds. The van der Waals surface area contributed by atoms with Gasteiger partial charge >= 0.3 is 0 Å². The summed E-state index contributed by atoms with van der Waals surface area (Å²) >= 11 is 1.42. The Morgan fingerprint density at radius 2 is 1.92 bits per heavy atom. The van der Waals surface area contributed by atoms with E-state index in [1.807, 2.05) is 6.26 Å². The number of rotatable bonds is 5. The van der Waals surface area contributed by atoms with E-state index in [2.05, 4.69) is 5.32 Å². The Hall–Kier alpha value is -1.58. The van der Waals surface area contributed by atoms with Gasteiger partial charge in [0, 0.05) is 30.8 Å². The molecule has 24 heavy (non-hydrogen) atoms. The zero-order valence-corrected chi connectivity index (χ0v) is 15.2. The highest BCUT2D eigenvalue weighted by atomic mass is 32.2.